The molecule has 0 saturated carbocycles. The fourth-order valence-electron chi connectivity index (χ4n) is 4.29. The molecule has 30 heavy (non-hydrogen) atoms. The summed E-state index contributed by atoms with van der Waals surface area (Å²) in [4.78, 5) is 15.3. The molecule has 1 amide bonds. The number of rotatable bonds is 7. The standard InChI is InChI=1S/C22H35N3O4S/c1-17(14-24-10-5-4-6-11-24)13-23-22(26)20-8-7-9-21(12-20)30(27,28)25-15-18(2)29-19(3)16-25/h7-9,12,17-19H,4-6,10-11,13-16H2,1-3H3,(H,23,26). The first-order chi connectivity index (χ1) is 14.3. The predicted octanol–water partition coefficient (Wildman–Crippen LogP) is 2.34. The second-order valence-corrected chi connectivity index (χ2v) is 10.7. The number of nitrogens with one attached hydrogen (secondary N) is 1. The molecule has 2 aliphatic heterocycles. The van der Waals surface area contributed by atoms with Crippen LogP contribution in [0.25, 0.3) is 0 Å². The molecule has 168 valence electrons. The third-order valence-corrected chi connectivity index (χ3v) is 7.58. The van der Waals surface area contributed by atoms with Gasteiger partial charge in [-0.1, -0.05) is 19.4 Å². The summed E-state index contributed by atoms with van der Waals surface area (Å²) in [5, 5.41) is 2.97. The molecule has 2 heterocycles. The van der Waals surface area contributed by atoms with Crippen LogP contribution in [0.4, 0.5) is 0 Å². The van der Waals surface area contributed by atoms with Crippen molar-refractivity contribution in [3.05, 3.63) is 29.8 Å². The van der Waals surface area contributed by atoms with Crippen molar-refractivity contribution >= 4 is 15.9 Å². The van der Waals surface area contributed by atoms with Crippen molar-refractivity contribution < 1.29 is 17.9 Å². The molecule has 3 atom stereocenters. The van der Waals surface area contributed by atoms with Crippen molar-refractivity contribution in [1.29, 1.82) is 0 Å². The molecule has 8 heteroatoms. The molecular formula is C22H35N3O4S. The first-order valence-corrected chi connectivity index (χ1v) is 12.5. The summed E-state index contributed by atoms with van der Waals surface area (Å²) >= 11 is 0. The lowest BCUT2D eigenvalue weighted by molar-refractivity contribution is -0.0440. The topological polar surface area (TPSA) is 79.0 Å². The molecule has 2 fully saturated rings. The maximum absolute atomic E-state index is 13.1. The highest BCUT2D eigenvalue weighted by atomic mass is 32.2. The Morgan fingerprint density at radius 3 is 2.50 bits per heavy atom. The molecule has 1 aromatic rings. The summed E-state index contributed by atoms with van der Waals surface area (Å²) in [7, 11) is -3.67. The molecule has 3 rings (SSSR count). The number of hydrogen-bond acceptors (Lipinski definition) is 5. The Bertz CT molecular complexity index is 813. The normalized spacial score (nSPS) is 25.0. The largest absolute Gasteiger partial charge is 0.373 e. The molecule has 3 unspecified atom stereocenters. The van der Waals surface area contributed by atoms with Crippen molar-refractivity contribution in [2.45, 2.75) is 57.1 Å². The number of piperidine rings is 1. The average molecular weight is 438 g/mol. The average Bonchev–Trinajstić information content (AvgIpc) is 2.72. The van der Waals surface area contributed by atoms with Crippen LogP contribution in [0.1, 0.15) is 50.4 Å². The van der Waals surface area contributed by atoms with Crippen molar-refractivity contribution in [2.24, 2.45) is 5.92 Å². The fraction of sp³-hybridized carbons (Fsp3) is 0.682. The fourth-order valence-corrected chi connectivity index (χ4v) is 5.93. The van der Waals surface area contributed by atoms with Gasteiger partial charge in [-0.25, -0.2) is 8.42 Å². The van der Waals surface area contributed by atoms with Crippen LogP contribution < -0.4 is 5.32 Å². The Kier molecular flexibility index (Phi) is 7.90. The maximum atomic E-state index is 13.1. The summed E-state index contributed by atoms with van der Waals surface area (Å²) in [6, 6.07) is 6.32. The summed E-state index contributed by atoms with van der Waals surface area (Å²) in [5.74, 6) is 0.108. The number of amides is 1. The molecule has 0 radical (unpaired) electrons. The molecule has 2 saturated heterocycles. The Balaban J connectivity index is 1.60. The van der Waals surface area contributed by atoms with Gasteiger partial charge in [-0.2, -0.15) is 4.31 Å². The van der Waals surface area contributed by atoms with Crippen LogP contribution >= 0.6 is 0 Å². The summed E-state index contributed by atoms with van der Waals surface area (Å²) < 4.78 is 33.2. The van der Waals surface area contributed by atoms with Gasteiger partial charge in [0.2, 0.25) is 10.0 Å². The zero-order valence-corrected chi connectivity index (χ0v) is 19.2. The van der Waals surface area contributed by atoms with E-state index in [1.807, 2.05) is 13.8 Å². The van der Waals surface area contributed by atoms with Gasteiger partial charge in [0.05, 0.1) is 17.1 Å². The zero-order valence-electron chi connectivity index (χ0n) is 18.3. The van der Waals surface area contributed by atoms with Gasteiger partial charge in [0.1, 0.15) is 0 Å². The molecule has 1 N–H and O–H groups in total. The quantitative estimate of drug-likeness (QED) is 0.708. The first-order valence-electron chi connectivity index (χ1n) is 11.0. The van der Waals surface area contributed by atoms with Crippen LogP contribution in [-0.4, -0.2) is 75.0 Å². The van der Waals surface area contributed by atoms with Crippen LogP contribution in [0.3, 0.4) is 0 Å². The number of carbonyl (C=O) groups excluding carboxylic acids is 1. The molecule has 0 aromatic heterocycles. The number of morpholine rings is 1. The van der Waals surface area contributed by atoms with E-state index in [0.717, 1.165) is 19.6 Å². The van der Waals surface area contributed by atoms with Gasteiger partial charge in [-0.15, -0.1) is 0 Å². The van der Waals surface area contributed by atoms with Crippen LogP contribution in [0.2, 0.25) is 0 Å². The third-order valence-electron chi connectivity index (χ3n) is 5.75. The van der Waals surface area contributed by atoms with E-state index in [0.29, 0.717) is 31.1 Å². The molecule has 0 bridgehead atoms. The van der Waals surface area contributed by atoms with Crippen LogP contribution in [0.5, 0.6) is 0 Å². The third kappa shape index (κ3) is 6.03. The Morgan fingerprint density at radius 2 is 1.83 bits per heavy atom. The van der Waals surface area contributed by atoms with Crippen molar-refractivity contribution in [2.75, 3.05) is 39.3 Å². The highest BCUT2D eigenvalue weighted by molar-refractivity contribution is 7.89. The van der Waals surface area contributed by atoms with Crippen LogP contribution in [0, 0.1) is 5.92 Å². The monoisotopic (exact) mass is 437 g/mol. The second-order valence-electron chi connectivity index (χ2n) is 8.78. The Morgan fingerprint density at radius 1 is 1.17 bits per heavy atom. The van der Waals surface area contributed by atoms with Crippen molar-refractivity contribution in [1.82, 2.24) is 14.5 Å². The Labute approximate surface area is 180 Å². The number of likely N-dealkylation sites (tertiary alicyclic amines) is 1. The number of ether oxygens (including phenoxy) is 1. The van der Waals surface area contributed by atoms with E-state index >= 15 is 0 Å². The van der Waals surface area contributed by atoms with Gasteiger partial charge in [-0.05, 0) is 63.9 Å². The smallest absolute Gasteiger partial charge is 0.251 e. The minimum atomic E-state index is -3.67. The van der Waals surface area contributed by atoms with Crippen molar-refractivity contribution in [3.8, 4) is 0 Å². The number of benzene rings is 1. The van der Waals surface area contributed by atoms with E-state index in [-0.39, 0.29) is 23.0 Å². The predicted molar refractivity (Wildman–Crippen MR) is 117 cm³/mol. The van der Waals surface area contributed by atoms with Gasteiger partial charge in [0, 0.05) is 31.7 Å². The van der Waals surface area contributed by atoms with E-state index in [9.17, 15) is 13.2 Å². The lowest BCUT2D eigenvalue weighted by Crippen LogP contribution is -2.48. The van der Waals surface area contributed by atoms with Crippen molar-refractivity contribution in [3.63, 3.8) is 0 Å². The number of nitrogens with zero attached hydrogens (tertiary/aromatic N) is 2. The van der Waals surface area contributed by atoms with Crippen LogP contribution in [-0.2, 0) is 14.8 Å². The highest BCUT2D eigenvalue weighted by Gasteiger charge is 2.32. The minimum absolute atomic E-state index is 0.151. The number of carbonyl (C=O) groups is 1. The zero-order chi connectivity index (χ0) is 21.7. The van der Waals surface area contributed by atoms with Gasteiger partial charge >= 0.3 is 0 Å². The summed E-state index contributed by atoms with van der Waals surface area (Å²) in [6.07, 6.45) is 3.50. The lowest BCUT2D eigenvalue weighted by Gasteiger charge is -2.34. The van der Waals surface area contributed by atoms with E-state index in [1.165, 1.54) is 29.6 Å². The van der Waals surface area contributed by atoms with E-state index < -0.39 is 10.0 Å². The maximum Gasteiger partial charge on any atom is 0.251 e. The first kappa shape index (κ1) is 23.2. The lowest BCUT2D eigenvalue weighted by atomic mass is 10.1. The Hall–Kier alpha value is -1.48. The molecule has 1 aromatic carbocycles. The second kappa shape index (κ2) is 10.2. The van der Waals surface area contributed by atoms with Gasteiger partial charge in [0.15, 0.2) is 0 Å². The summed E-state index contributed by atoms with van der Waals surface area (Å²) in [6.45, 7) is 10.3. The molecule has 2 aliphatic rings. The van der Waals surface area contributed by atoms with Gasteiger partial charge in [0.25, 0.3) is 5.91 Å². The van der Waals surface area contributed by atoms with Crippen LogP contribution in [0.15, 0.2) is 29.2 Å². The number of hydrogen-bond donors (Lipinski definition) is 1. The minimum Gasteiger partial charge on any atom is -0.373 e. The molecular weight excluding hydrogens is 402 g/mol. The van der Waals surface area contributed by atoms with Gasteiger partial charge < -0.3 is 15.0 Å². The SMILES string of the molecule is CC(CNC(=O)c1cccc(S(=O)(=O)N2CC(C)OC(C)C2)c1)CN1CCCCC1. The molecule has 0 spiro atoms. The number of sulfonamides is 1. The molecule has 7 nitrogen and oxygen atoms in total. The summed E-state index contributed by atoms with van der Waals surface area (Å²) in [5.41, 5.74) is 0.371. The highest BCUT2D eigenvalue weighted by Crippen LogP contribution is 2.22. The molecule has 0 aliphatic carbocycles. The van der Waals surface area contributed by atoms with E-state index in [4.69, 9.17) is 4.74 Å². The van der Waals surface area contributed by atoms with Gasteiger partial charge in [-0.3, -0.25) is 4.79 Å². The van der Waals surface area contributed by atoms with E-state index in [2.05, 4.69) is 17.1 Å². The van der Waals surface area contributed by atoms with E-state index in [1.54, 1.807) is 18.2 Å².